The maximum atomic E-state index is 13.8. The van der Waals surface area contributed by atoms with Crippen molar-refractivity contribution < 1.29 is 19.1 Å². The lowest BCUT2D eigenvalue weighted by Crippen LogP contribution is -2.49. The minimum absolute atomic E-state index is 0.179. The van der Waals surface area contributed by atoms with E-state index in [0.29, 0.717) is 30.3 Å². The number of likely N-dealkylation sites (tertiary alicyclic amines) is 1. The fourth-order valence-electron chi connectivity index (χ4n) is 3.23. The molecule has 120 valence electrons. The summed E-state index contributed by atoms with van der Waals surface area (Å²) in [6.45, 7) is 2.19. The number of benzene rings is 1. The summed E-state index contributed by atoms with van der Waals surface area (Å²) in [6.07, 6.45) is 2.72. The molecule has 2 heterocycles. The van der Waals surface area contributed by atoms with Crippen LogP contribution in [0.2, 0.25) is 0 Å². The van der Waals surface area contributed by atoms with Crippen molar-refractivity contribution in [1.29, 1.82) is 0 Å². The van der Waals surface area contributed by atoms with Gasteiger partial charge in [0.1, 0.15) is 5.82 Å². The first-order valence-electron chi connectivity index (χ1n) is 7.57. The topological polar surface area (TPSA) is 70.5 Å². The van der Waals surface area contributed by atoms with Crippen LogP contribution in [0, 0.1) is 11.7 Å². The average Bonchev–Trinajstić information content (AvgIpc) is 2.53. The summed E-state index contributed by atoms with van der Waals surface area (Å²) in [6, 6.07) is 5.45. The predicted octanol–water partition coefficient (Wildman–Crippen LogP) is 2.70. The molecule has 0 aliphatic carbocycles. The summed E-state index contributed by atoms with van der Waals surface area (Å²) in [5.41, 5.74) is 0.613. The zero-order valence-electron chi connectivity index (χ0n) is 12.7. The van der Waals surface area contributed by atoms with Crippen molar-refractivity contribution in [1.82, 2.24) is 9.88 Å². The number of aromatic nitrogens is 1. The van der Waals surface area contributed by atoms with Crippen LogP contribution in [0.1, 0.15) is 30.1 Å². The Morgan fingerprint density at radius 2 is 2.17 bits per heavy atom. The molecule has 0 saturated carbocycles. The first-order valence-corrected chi connectivity index (χ1v) is 7.57. The van der Waals surface area contributed by atoms with Gasteiger partial charge in [0, 0.05) is 24.2 Å². The second-order valence-corrected chi connectivity index (χ2v) is 5.85. The highest BCUT2D eigenvalue weighted by molar-refractivity contribution is 6.05. The molecule has 2 atom stereocenters. The Morgan fingerprint density at radius 3 is 2.91 bits per heavy atom. The number of carboxylic acids is 1. The molecule has 2 aromatic rings. The fraction of sp³-hybridized carbons (Fsp3) is 0.353. The van der Waals surface area contributed by atoms with Crippen molar-refractivity contribution in [3.8, 4) is 0 Å². The van der Waals surface area contributed by atoms with Crippen molar-refractivity contribution in [3.05, 3.63) is 41.8 Å². The van der Waals surface area contributed by atoms with Gasteiger partial charge in [0.15, 0.2) is 0 Å². The number of hydrogen-bond acceptors (Lipinski definition) is 3. The number of pyridine rings is 1. The number of halogens is 1. The van der Waals surface area contributed by atoms with E-state index in [0.717, 1.165) is 0 Å². The third-order valence-corrected chi connectivity index (χ3v) is 4.47. The maximum Gasteiger partial charge on any atom is 0.308 e. The standard InChI is InChI=1S/C17H17FN2O3/c1-10-13(17(22)23)5-3-7-20(10)16(21)14-9-12(18)8-11-4-2-6-19-15(11)14/h2,4,6,8-10,13H,3,5,7H2,1H3,(H,22,23)/t10-,13-/m1/s1. The van der Waals surface area contributed by atoms with Crippen LogP contribution < -0.4 is 0 Å². The molecule has 5 nitrogen and oxygen atoms in total. The van der Waals surface area contributed by atoms with Gasteiger partial charge in [-0.15, -0.1) is 0 Å². The van der Waals surface area contributed by atoms with Gasteiger partial charge in [-0.3, -0.25) is 14.6 Å². The lowest BCUT2D eigenvalue weighted by Gasteiger charge is -2.37. The molecule has 1 fully saturated rings. The molecule has 0 radical (unpaired) electrons. The Morgan fingerprint density at radius 1 is 1.39 bits per heavy atom. The predicted molar refractivity (Wildman–Crippen MR) is 82.6 cm³/mol. The van der Waals surface area contributed by atoms with Crippen LogP contribution in [0.4, 0.5) is 4.39 Å². The molecule has 1 amide bonds. The van der Waals surface area contributed by atoms with Crippen molar-refractivity contribution in [2.24, 2.45) is 5.92 Å². The summed E-state index contributed by atoms with van der Waals surface area (Å²) in [7, 11) is 0. The second-order valence-electron chi connectivity index (χ2n) is 5.85. The number of rotatable bonds is 2. The van der Waals surface area contributed by atoms with E-state index in [-0.39, 0.29) is 11.5 Å². The molecular weight excluding hydrogens is 299 g/mol. The van der Waals surface area contributed by atoms with Crippen molar-refractivity contribution >= 4 is 22.8 Å². The molecular formula is C17H17FN2O3. The minimum atomic E-state index is -0.905. The summed E-state index contributed by atoms with van der Waals surface area (Å²) in [5.74, 6) is -2.38. The van der Waals surface area contributed by atoms with Crippen LogP contribution in [0.3, 0.4) is 0 Å². The molecule has 0 unspecified atom stereocenters. The van der Waals surface area contributed by atoms with E-state index < -0.39 is 23.7 Å². The van der Waals surface area contributed by atoms with Crippen molar-refractivity contribution in [3.63, 3.8) is 0 Å². The van der Waals surface area contributed by atoms with Crippen LogP contribution in [0.25, 0.3) is 10.9 Å². The van der Waals surface area contributed by atoms with Gasteiger partial charge in [-0.2, -0.15) is 0 Å². The molecule has 1 aliphatic rings. The number of carbonyl (C=O) groups excluding carboxylic acids is 1. The maximum absolute atomic E-state index is 13.8. The number of nitrogens with zero attached hydrogens (tertiary/aromatic N) is 2. The van der Waals surface area contributed by atoms with Gasteiger partial charge in [-0.05, 0) is 38.0 Å². The number of piperidine rings is 1. The highest BCUT2D eigenvalue weighted by Gasteiger charge is 2.36. The number of fused-ring (bicyclic) bond motifs is 1. The Labute approximate surface area is 132 Å². The molecule has 1 aliphatic heterocycles. The van der Waals surface area contributed by atoms with E-state index in [2.05, 4.69) is 4.98 Å². The van der Waals surface area contributed by atoms with E-state index in [9.17, 15) is 19.1 Å². The van der Waals surface area contributed by atoms with Gasteiger partial charge in [-0.25, -0.2) is 4.39 Å². The second kappa shape index (κ2) is 5.95. The van der Waals surface area contributed by atoms with Crippen molar-refractivity contribution in [2.75, 3.05) is 6.54 Å². The summed E-state index contributed by atoms with van der Waals surface area (Å²) in [4.78, 5) is 29.9. The van der Waals surface area contributed by atoms with Gasteiger partial charge in [0.05, 0.1) is 17.0 Å². The molecule has 3 rings (SSSR count). The third kappa shape index (κ3) is 2.76. The van der Waals surface area contributed by atoms with E-state index in [4.69, 9.17) is 0 Å². The van der Waals surface area contributed by atoms with E-state index in [1.54, 1.807) is 25.3 Å². The highest BCUT2D eigenvalue weighted by atomic mass is 19.1. The first-order chi connectivity index (χ1) is 11.0. The van der Waals surface area contributed by atoms with Gasteiger partial charge >= 0.3 is 5.97 Å². The SMILES string of the molecule is C[C@@H]1[C@H](C(=O)O)CCCN1C(=O)c1cc(F)cc2cccnc12. The number of aliphatic carboxylic acids is 1. The quantitative estimate of drug-likeness (QED) is 0.925. The number of amides is 1. The molecule has 1 aromatic carbocycles. The summed E-state index contributed by atoms with van der Waals surface area (Å²) in [5, 5.41) is 9.84. The largest absolute Gasteiger partial charge is 0.481 e. The molecule has 1 aromatic heterocycles. The Kier molecular flexibility index (Phi) is 3.98. The lowest BCUT2D eigenvalue weighted by molar-refractivity contribution is -0.144. The smallest absolute Gasteiger partial charge is 0.308 e. The van der Waals surface area contributed by atoms with Gasteiger partial charge in [-0.1, -0.05) is 6.07 Å². The van der Waals surface area contributed by atoms with Crippen LogP contribution in [0.5, 0.6) is 0 Å². The number of hydrogen-bond donors (Lipinski definition) is 1. The Bertz CT molecular complexity index is 778. The molecule has 1 saturated heterocycles. The monoisotopic (exact) mass is 316 g/mol. The normalized spacial score (nSPS) is 21.4. The van der Waals surface area contributed by atoms with E-state index in [1.807, 2.05) is 0 Å². The molecule has 0 spiro atoms. The molecule has 1 N–H and O–H groups in total. The van der Waals surface area contributed by atoms with Crippen LogP contribution in [-0.2, 0) is 4.79 Å². The molecule has 23 heavy (non-hydrogen) atoms. The summed E-state index contributed by atoms with van der Waals surface area (Å²) < 4.78 is 13.8. The van der Waals surface area contributed by atoms with E-state index in [1.165, 1.54) is 17.0 Å². The first kappa shape index (κ1) is 15.4. The van der Waals surface area contributed by atoms with E-state index >= 15 is 0 Å². The average molecular weight is 316 g/mol. The van der Waals surface area contributed by atoms with Crippen molar-refractivity contribution in [2.45, 2.75) is 25.8 Å². The summed E-state index contributed by atoms with van der Waals surface area (Å²) >= 11 is 0. The zero-order chi connectivity index (χ0) is 16.6. The lowest BCUT2D eigenvalue weighted by atomic mass is 9.89. The van der Waals surface area contributed by atoms with Gasteiger partial charge in [0.25, 0.3) is 5.91 Å². The number of carbonyl (C=O) groups is 2. The minimum Gasteiger partial charge on any atom is -0.481 e. The Balaban J connectivity index is 2.02. The Hall–Kier alpha value is -2.50. The molecule has 6 heteroatoms. The van der Waals surface area contributed by atoms with Crippen LogP contribution >= 0.6 is 0 Å². The highest BCUT2D eigenvalue weighted by Crippen LogP contribution is 2.27. The van der Waals surface area contributed by atoms with Crippen LogP contribution in [0.15, 0.2) is 30.5 Å². The molecule has 0 bridgehead atoms. The van der Waals surface area contributed by atoms with Gasteiger partial charge < -0.3 is 10.0 Å². The van der Waals surface area contributed by atoms with Crippen LogP contribution in [-0.4, -0.2) is 39.5 Å². The zero-order valence-corrected chi connectivity index (χ0v) is 12.7. The fourth-order valence-corrected chi connectivity index (χ4v) is 3.23. The third-order valence-electron chi connectivity index (χ3n) is 4.47. The van der Waals surface area contributed by atoms with Gasteiger partial charge in [0.2, 0.25) is 0 Å². The number of carboxylic acid groups (broad SMARTS) is 1.